The van der Waals surface area contributed by atoms with Crippen molar-refractivity contribution in [2.24, 2.45) is 0 Å². The fourth-order valence-electron chi connectivity index (χ4n) is 3.41. The standard InChI is InChI=1S/C22H21N5O2/c1-2-4-16(5-3-1)14-29-18-8-6-17(7-9-18)20-25-19-21(26-20)23-15-24-22(19)27-10-12-28-13-11-27/h1-9,15H,10-14H2,(H,23,24,25,26). The number of benzene rings is 2. The van der Waals surface area contributed by atoms with Crippen LogP contribution in [0.25, 0.3) is 22.6 Å². The summed E-state index contributed by atoms with van der Waals surface area (Å²) in [6.07, 6.45) is 1.58. The Morgan fingerprint density at radius 3 is 2.55 bits per heavy atom. The minimum Gasteiger partial charge on any atom is -0.489 e. The van der Waals surface area contributed by atoms with Crippen molar-refractivity contribution in [2.75, 3.05) is 31.2 Å². The van der Waals surface area contributed by atoms with Crippen LogP contribution in [-0.4, -0.2) is 46.2 Å². The predicted octanol–water partition coefficient (Wildman–Crippen LogP) is 3.44. The summed E-state index contributed by atoms with van der Waals surface area (Å²) >= 11 is 0. The Labute approximate surface area is 168 Å². The van der Waals surface area contributed by atoms with E-state index >= 15 is 0 Å². The lowest BCUT2D eigenvalue weighted by atomic mass is 10.2. The van der Waals surface area contributed by atoms with Crippen molar-refractivity contribution in [3.05, 3.63) is 66.5 Å². The summed E-state index contributed by atoms with van der Waals surface area (Å²) < 4.78 is 11.3. The molecule has 2 aromatic carbocycles. The number of aromatic nitrogens is 4. The highest BCUT2D eigenvalue weighted by Crippen LogP contribution is 2.27. The molecule has 1 aliphatic rings. The molecule has 5 rings (SSSR count). The van der Waals surface area contributed by atoms with Crippen molar-refractivity contribution < 1.29 is 9.47 Å². The first-order chi connectivity index (χ1) is 14.4. The number of imidazole rings is 1. The van der Waals surface area contributed by atoms with Gasteiger partial charge in [0.15, 0.2) is 17.0 Å². The van der Waals surface area contributed by atoms with Crippen LogP contribution in [0.4, 0.5) is 5.82 Å². The molecular formula is C22H21N5O2. The van der Waals surface area contributed by atoms with Gasteiger partial charge in [-0.1, -0.05) is 30.3 Å². The van der Waals surface area contributed by atoms with Crippen LogP contribution in [0.2, 0.25) is 0 Å². The molecule has 1 aliphatic heterocycles. The second kappa shape index (κ2) is 7.89. The molecule has 0 atom stereocenters. The van der Waals surface area contributed by atoms with Gasteiger partial charge in [-0.2, -0.15) is 0 Å². The van der Waals surface area contributed by atoms with E-state index in [-0.39, 0.29) is 0 Å². The van der Waals surface area contributed by atoms with Crippen molar-refractivity contribution >= 4 is 17.0 Å². The van der Waals surface area contributed by atoms with Crippen molar-refractivity contribution in [3.8, 4) is 17.1 Å². The molecule has 4 aromatic rings. The summed E-state index contributed by atoms with van der Waals surface area (Å²) in [4.78, 5) is 19.1. The molecule has 7 heteroatoms. The maximum absolute atomic E-state index is 5.87. The number of hydrogen-bond acceptors (Lipinski definition) is 6. The van der Waals surface area contributed by atoms with Gasteiger partial charge >= 0.3 is 0 Å². The van der Waals surface area contributed by atoms with Crippen molar-refractivity contribution in [2.45, 2.75) is 6.61 Å². The quantitative estimate of drug-likeness (QED) is 0.565. The maximum Gasteiger partial charge on any atom is 0.163 e. The second-order valence-electron chi connectivity index (χ2n) is 6.88. The predicted molar refractivity (Wildman–Crippen MR) is 111 cm³/mol. The number of fused-ring (bicyclic) bond motifs is 1. The van der Waals surface area contributed by atoms with E-state index in [1.807, 2.05) is 42.5 Å². The number of morpholine rings is 1. The van der Waals surface area contributed by atoms with Crippen molar-refractivity contribution in [3.63, 3.8) is 0 Å². The van der Waals surface area contributed by atoms with Gasteiger partial charge in [-0.15, -0.1) is 0 Å². The second-order valence-corrected chi connectivity index (χ2v) is 6.88. The first-order valence-electron chi connectivity index (χ1n) is 9.67. The van der Waals surface area contributed by atoms with Crippen LogP contribution in [0.5, 0.6) is 5.75 Å². The fourth-order valence-corrected chi connectivity index (χ4v) is 3.41. The topological polar surface area (TPSA) is 76.2 Å². The van der Waals surface area contributed by atoms with Gasteiger partial charge in [0.1, 0.15) is 24.5 Å². The van der Waals surface area contributed by atoms with E-state index in [0.717, 1.165) is 52.8 Å². The number of ether oxygens (including phenoxy) is 2. The average molecular weight is 387 g/mol. The first-order valence-corrected chi connectivity index (χ1v) is 9.67. The lowest BCUT2D eigenvalue weighted by molar-refractivity contribution is 0.122. The van der Waals surface area contributed by atoms with Crippen molar-refractivity contribution in [1.82, 2.24) is 19.9 Å². The number of anilines is 1. The number of aromatic amines is 1. The lowest BCUT2D eigenvalue weighted by Gasteiger charge is -2.27. The number of H-pyrrole nitrogens is 1. The molecule has 0 saturated carbocycles. The van der Waals surface area contributed by atoms with Crippen LogP contribution in [-0.2, 0) is 11.3 Å². The molecule has 0 spiro atoms. The molecule has 0 bridgehead atoms. The minimum atomic E-state index is 0.545. The van der Waals surface area contributed by atoms with Crippen molar-refractivity contribution in [1.29, 1.82) is 0 Å². The third-order valence-corrected chi connectivity index (χ3v) is 4.95. The highest BCUT2D eigenvalue weighted by molar-refractivity contribution is 5.86. The van der Waals surface area contributed by atoms with E-state index in [1.165, 1.54) is 0 Å². The largest absolute Gasteiger partial charge is 0.489 e. The Hall–Kier alpha value is -3.45. The summed E-state index contributed by atoms with van der Waals surface area (Å²) in [5.41, 5.74) is 3.64. The Bertz CT molecular complexity index is 1090. The van der Waals surface area contributed by atoms with Gasteiger partial charge in [-0.25, -0.2) is 15.0 Å². The van der Waals surface area contributed by atoms with E-state index in [4.69, 9.17) is 14.5 Å². The van der Waals surface area contributed by atoms with Gasteiger partial charge in [0.25, 0.3) is 0 Å². The number of rotatable bonds is 5. The molecule has 2 aromatic heterocycles. The Kier molecular flexibility index (Phi) is 4.80. The normalized spacial score (nSPS) is 14.3. The van der Waals surface area contributed by atoms with Crippen LogP contribution in [0, 0.1) is 0 Å². The molecule has 1 N–H and O–H groups in total. The van der Waals surface area contributed by atoms with Crippen LogP contribution < -0.4 is 9.64 Å². The van der Waals surface area contributed by atoms with Crippen LogP contribution >= 0.6 is 0 Å². The zero-order chi connectivity index (χ0) is 19.5. The summed E-state index contributed by atoms with van der Waals surface area (Å²) in [7, 11) is 0. The minimum absolute atomic E-state index is 0.545. The van der Waals surface area contributed by atoms with Gasteiger partial charge in [-0.3, -0.25) is 0 Å². The third-order valence-electron chi connectivity index (χ3n) is 4.95. The highest BCUT2D eigenvalue weighted by atomic mass is 16.5. The van der Waals surface area contributed by atoms with Gasteiger partial charge in [0, 0.05) is 18.7 Å². The molecule has 1 saturated heterocycles. The average Bonchev–Trinajstić information content (AvgIpc) is 3.24. The SMILES string of the molecule is c1ccc(COc2ccc(-c3nc4c(N5CCOCC5)ncnc4[nH]3)cc2)cc1. The van der Waals surface area contributed by atoms with Gasteiger partial charge in [0.05, 0.1) is 13.2 Å². The van der Waals surface area contributed by atoms with E-state index < -0.39 is 0 Å². The smallest absolute Gasteiger partial charge is 0.163 e. The van der Waals surface area contributed by atoms with Crippen LogP contribution in [0.3, 0.4) is 0 Å². The molecular weight excluding hydrogens is 366 g/mol. The van der Waals surface area contributed by atoms with Gasteiger partial charge in [-0.05, 0) is 29.8 Å². The molecule has 7 nitrogen and oxygen atoms in total. The summed E-state index contributed by atoms with van der Waals surface area (Å²) in [5, 5.41) is 0. The van der Waals surface area contributed by atoms with Gasteiger partial charge < -0.3 is 19.4 Å². The fraction of sp³-hybridized carbons (Fsp3) is 0.227. The monoisotopic (exact) mass is 387 g/mol. The van der Waals surface area contributed by atoms with E-state index in [1.54, 1.807) is 6.33 Å². The highest BCUT2D eigenvalue weighted by Gasteiger charge is 2.18. The Morgan fingerprint density at radius 1 is 0.966 bits per heavy atom. The molecule has 0 aliphatic carbocycles. The Morgan fingerprint density at radius 2 is 1.76 bits per heavy atom. The molecule has 0 radical (unpaired) electrons. The van der Waals surface area contributed by atoms with E-state index in [0.29, 0.717) is 19.8 Å². The number of nitrogens with zero attached hydrogens (tertiary/aromatic N) is 4. The van der Waals surface area contributed by atoms with Gasteiger partial charge in [0.2, 0.25) is 0 Å². The maximum atomic E-state index is 5.87. The summed E-state index contributed by atoms with van der Waals surface area (Å²) in [6.45, 7) is 3.56. The zero-order valence-corrected chi connectivity index (χ0v) is 15.9. The molecule has 29 heavy (non-hydrogen) atoms. The first kappa shape index (κ1) is 17.6. The number of nitrogens with one attached hydrogen (secondary N) is 1. The lowest BCUT2D eigenvalue weighted by Crippen LogP contribution is -2.36. The summed E-state index contributed by atoms with van der Waals surface area (Å²) in [5.74, 6) is 2.44. The molecule has 1 fully saturated rings. The van der Waals surface area contributed by atoms with Crippen LogP contribution in [0.1, 0.15) is 5.56 Å². The molecule has 146 valence electrons. The molecule has 3 heterocycles. The Balaban J connectivity index is 1.36. The number of hydrogen-bond donors (Lipinski definition) is 1. The third kappa shape index (κ3) is 3.77. The summed E-state index contributed by atoms with van der Waals surface area (Å²) in [6, 6.07) is 18.0. The van der Waals surface area contributed by atoms with E-state index in [9.17, 15) is 0 Å². The van der Waals surface area contributed by atoms with E-state index in [2.05, 4.69) is 32.0 Å². The molecule has 0 unspecified atom stereocenters. The zero-order valence-electron chi connectivity index (χ0n) is 15.9. The van der Waals surface area contributed by atoms with Crippen LogP contribution in [0.15, 0.2) is 60.9 Å². The molecule has 0 amide bonds.